The number of anilines is 2. The second kappa shape index (κ2) is 7.49. The number of rotatable bonds is 6. The second-order valence-electron chi connectivity index (χ2n) is 6.21. The molecule has 1 aromatic carbocycles. The topological polar surface area (TPSA) is 140 Å². The zero-order chi connectivity index (χ0) is 18.7. The van der Waals surface area contributed by atoms with Gasteiger partial charge in [-0.3, -0.25) is 0 Å². The zero-order valence-corrected chi connectivity index (χ0v) is 14.8. The summed E-state index contributed by atoms with van der Waals surface area (Å²) < 4.78 is 0. The summed E-state index contributed by atoms with van der Waals surface area (Å²) >= 11 is 0. The van der Waals surface area contributed by atoms with Gasteiger partial charge in [0.05, 0.1) is 11.6 Å². The Morgan fingerprint density at radius 2 is 1.69 bits per heavy atom. The highest BCUT2D eigenvalue weighted by atomic mass is 16.3. The third-order valence-electron chi connectivity index (χ3n) is 4.25. The molecule has 2 aromatic heterocycles. The molecule has 0 bridgehead atoms. The largest absolute Gasteiger partial charge is 0.386 e. The molecule has 2 atom stereocenters. The van der Waals surface area contributed by atoms with E-state index in [1.54, 1.807) is 0 Å². The number of nitrogens with one attached hydrogen (secondary N) is 1. The standard InChI is InChI=1S/C18H23N7O/c1-3-7-12(16-23-17(19)25-18(20)24-16)14(26)13-10(2)21-15(22-13)11-8-5-4-6-9-11/h4-6,8-9,12,14,26H,3,7H2,1-2H3,(H,21,22)(H4,19,20,23,24,25). The van der Waals surface area contributed by atoms with E-state index in [9.17, 15) is 5.11 Å². The summed E-state index contributed by atoms with van der Waals surface area (Å²) in [5.74, 6) is 0.808. The summed E-state index contributed by atoms with van der Waals surface area (Å²) in [5, 5.41) is 11.0. The van der Waals surface area contributed by atoms with Crippen molar-refractivity contribution in [1.82, 2.24) is 24.9 Å². The lowest BCUT2D eigenvalue weighted by Gasteiger charge is -2.20. The van der Waals surface area contributed by atoms with Crippen molar-refractivity contribution in [3.8, 4) is 11.4 Å². The van der Waals surface area contributed by atoms with Crippen LogP contribution in [0, 0.1) is 6.92 Å². The van der Waals surface area contributed by atoms with E-state index < -0.39 is 6.10 Å². The van der Waals surface area contributed by atoms with Crippen LogP contribution in [0.3, 0.4) is 0 Å². The van der Waals surface area contributed by atoms with E-state index in [-0.39, 0.29) is 17.8 Å². The molecular weight excluding hydrogens is 330 g/mol. The van der Waals surface area contributed by atoms with Crippen LogP contribution < -0.4 is 11.5 Å². The fourth-order valence-corrected chi connectivity index (χ4v) is 3.02. The van der Waals surface area contributed by atoms with Gasteiger partial charge in [-0.25, -0.2) is 4.98 Å². The molecular formula is C18H23N7O. The number of H-pyrrole nitrogens is 1. The molecule has 8 nitrogen and oxygen atoms in total. The minimum atomic E-state index is -0.884. The van der Waals surface area contributed by atoms with Crippen LogP contribution >= 0.6 is 0 Å². The smallest absolute Gasteiger partial charge is 0.225 e. The molecule has 3 rings (SSSR count). The molecule has 136 valence electrons. The highest BCUT2D eigenvalue weighted by molar-refractivity contribution is 5.55. The zero-order valence-electron chi connectivity index (χ0n) is 14.8. The van der Waals surface area contributed by atoms with Crippen LogP contribution in [0.4, 0.5) is 11.9 Å². The number of nitrogens with zero attached hydrogens (tertiary/aromatic N) is 4. The quantitative estimate of drug-likeness (QED) is 0.533. The number of nitrogen functional groups attached to an aromatic ring is 2. The summed E-state index contributed by atoms with van der Waals surface area (Å²) in [5.41, 5.74) is 13.7. The highest BCUT2D eigenvalue weighted by Gasteiger charge is 2.29. The van der Waals surface area contributed by atoms with Gasteiger partial charge in [0.1, 0.15) is 17.8 Å². The van der Waals surface area contributed by atoms with E-state index >= 15 is 0 Å². The summed E-state index contributed by atoms with van der Waals surface area (Å²) in [4.78, 5) is 20.0. The van der Waals surface area contributed by atoms with Gasteiger partial charge in [-0.1, -0.05) is 43.7 Å². The molecule has 0 saturated carbocycles. The van der Waals surface area contributed by atoms with E-state index in [1.165, 1.54) is 0 Å². The molecule has 0 amide bonds. The first kappa shape index (κ1) is 17.8. The van der Waals surface area contributed by atoms with Crippen LogP contribution in [-0.2, 0) is 0 Å². The molecule has 0 saturated heterocycles. The SMILES string of the molecule is CCCC(c1nc(N)nc(N)n1)C(O)c1nc(-c2ccccc2)[nH]c1C. The summed E-state index contributed by atoms with van der Waals surface area (Å²) in [6, 6.07) is 9.76. The van der Waals surface area contributed by atoms with E-state index in [2.05, 4.69) is 24.9 Å². The average Bonchev–Trinajstić information content (AvgIpc) is 3.01. The van der Waals surface area contributed by atoms with Gasteiger partial charge in [-0.05, 0) is 13.3 Å². The predicted molar refractivity (Wildman–Crippen MR) is 100 cm³/mol. The van der Waals surface area contributed by atoms with Gasteiger partial charge in [-0.15, -0.1) is 0 Å². The van der Waals surface area contributed by atoms with E-state index in [0.717, 1.165) is 17.7 Å². The Morgan fingerprint density at radius 3 is 2.31 bits per heavy atom. The number of imidazole rings is 1. The monoisotopic (exact) mass is 353 g/mol. The Kier molecular flexibility index (Phi) is 5.13. The van der Waals surface area contributed by atoms with Gasteiger partial charge in [0.2, 0.25) is 11.9 Å². The fraction of sp³-hybridized carbons (Fsp3) is 0.333. The van der Waals surface area contributed by atoms with E-state index in [4.69, 9.17) is 11.5 Å². The molecule has 3 aromatic rings. The molecule has 2 unspecified atom stereocenters. The number of nitrogens with two attached hydrogens (primary N) is 2. The molecule has 0 aliphatic rings. The number of aliphatic hydroxyl groups is 1. The van der Waals surface area contributed by atoms with Crippen LogP contribution in [0.25, 0.3) is 11.4 Å². The Morgan fingerprint density at radius 1 is 1.04 bits per heavy atom. The number of aromatic amines is 1. The van der Waals surface area contributed by atoms with Crippen molar-refractivity contribution >= 4 is 11.9 Å². The van der Waals surface area contributed by atoms with Gasteiger partial charge in [0, 0.05) is 11.3 Å². The predicted octanol–water partition coefficient (Wildman–Crippen LogP) is 2.35. The van der Waals surface area contributed by atoms with Gasteiger partial charge < -0.3 is 21.6 Å². The average molecular weight is 353 g/mol. The maximum absolute atomic E-state index is 11.0. The molecule has 0 aliphatic heterocycles. The first-order valence-electron chi connectivity index (χ1n) is 8.56. The molecule has 0 aliphatic carbocycles. The molecule has 0 spiro atoms. The molecule has 26 heavy (non-hydrogen) atoms. The van der Waals surface area contributed by atoms with Crippen LogP contribution in [-0.4, -0.2) is 30.0 Å². The molecule has 2 heterocycles. The third kappa shape index (κ3) is 3.65. The van der Waals surface area contributed by atoms with Crippen molar-refractivity contribution in [3.05, 3.63) is 47.5 Å². The second-order valence-corrected chi connectivity index (χ2v) is 6.21. The van der Waals surface area contributed by atoms with Crippen LogP contribution in [0.5, 0.6) is 0 Å². The minimum Gasteiger partial charge on any atom is -0.386 e. The van der Waals surface area contributed by atoms with Crippen molar-refractivity contribution in [1.29, 1.82) is 0 Å². The van der Waals surface area contributed by atoms with Gasteiger partial charge in [0.25, 0.3) is 0 Å². The fourth-order valence-electron chi connectivity index (χ4n) is 3.02. The number of aromatic nitrogens is 5. The van der Waals surface area contributed by atoms with Crippen LogP contribution in [0.15, 0.2) is 30.3 Å². The van der Waals surface area contributed by atoms with Crippen molar-refractivity contribution in [2.24, 2.45) is 0 Å². The van der Waals surface area contributed by atoms with Crippen LogP contribution in [0.1, 0.15) is 49.0 Å². The van der Waals surface area contributed by atoms with Crippen molar-refractivity contribution in [2.75, 3.05) is 11.5 Å². The Bertz CT molecular complexity index is 858. The molecule has 6 N–H and O–H groups in total. The Hall–Kier alpha value is -3.00. The number of benzene rings is 1. The third-order valence-corrected chi connectivity index (χ3v) is 4.25. The normalized spacial score (nSPS) is 13.5. The van der Waals surface area contributed by atoms with E-state index in [0.29, 0.717) is 23.8 Å². The number of aliphatic hydroxyl groups excluding tert-OH is 1. The number of hydrogen-bond acceptors (Lipinski definition) is 7. The van der Waals surface area contributed by atoms with Gasteiger partial charge in [0.15, 0.2) is 0 Å². The van der Waals surface area contributed by atoms with Crippen molar-refractivity contribution in [2.45, 2.75) is 38.7 Å². The summed E-state index contributed by atoms with van der Waals surface area (Å²) in [7, 11) is 0. The number of hydrogen-bond donors (Lipinski definition) is 4. The Labute approximate surface area is 151 Å². The first-order valence-corrected chi connectivity index (χ1v) is 8.56. The van der Waals surface area contributed by atoms with Gasteiger partial charge in [-0.2, -0.15) is 15.0 Å². The van der Waals surface area contributed by atoms with Gasteiger partial charge >= 0.3 is 0 Å². The Balaban J connectivity index is 1.97. The lowest BCUT2D eigenvalue weighted by Crippen LogP contribution is -2.17. The molecule has 0 fully saturated rings. The van der Waals surface area contributed by atoms with Crippen molar-refractivity contribution < 1.29 is 5.11 Å². The lowest BCUT2D eigenvalue weighted by molar-refractivity contribution is 0.131. The summed E-state index contributed by atoms with van der Waals surface area (Å²) in [6.07, 6.45) is 0.615. The minimum absolute atomic E-state index is 0.0459. The lowest BCUT2D eigenvalue weighted by atomic mass is 9.93. The maximum Gasteiger partial charge on any atom is 0.225 e. The first-order chi connectivity index (χ1) is 12.5. The molecule has 0 radical (unpaired) electrons. The van der Waals surface area contributed by atoms with E-state index in [1.807, 2.05) is 44.2 Å². The number of aryl methyl sites for hydroxylation is 1. The highest BCUT2D eigenvalue weighted by Crippen LogP contribution is 2.34. The van der Waals surface area contributed by atoms with Crippen molar-refractivity contribution in [3.63, 3.8) is 0 Å². The maximum atomic E-state index is 11.0. The van der Waals surface area contributed by atoms with Crippen LogP contribution in [0.2, 0.25) is 0 Å². The summed E-state index contributed by atoms with van der Waals surface area (Å²) in [6.45, 7) is 3.91. The molecule has 8 heteroatoms.